The molecule has 0 heterocycles. The van der Waals surface area contributed by atoms with Crippen LogP contribution in [0.1, 0.15) is 11.1 Å². The molecule has 4 rings (SSSR count). The van der Waals surface area contributed by atoms with E-state index in [0.29, 0.717) is 10.8 Å². The summed E-state index contributed by atoms with van der Waals surface area (Å²) in [5, 5.41) is 1.08. The first kappa shape index (κ1) is 22.6. The van der Waals surface area contributed by atoms with E-state index in [1.54, 1.807) is 60.7 Å². The second-order valence-electron chi connectivity index (χ2n) is 7.16. The Hall–Kier alpha value is -4.58. The average molecular weight is 456 g/mol. The Kier molecular flexibility index (Phi) is 6.89. The van der Waals surface area contributed by atoms with E-state index >= 15 is 0 Å². The fraction of sp³-hybridized carbons (Fsp3) is 0. The number of hydrogen-bond acceptors (Lipinski definition) is 4. The lowest BCUT2D eigenvalue weighted by Gasteiger charge is -2.10. The van der Waals surface area contributed by atoms with E-state index in [0.717, 1.165) is 12.2 Å². The summed E-state index contributed by atoms with van der Waals surface area (Å²) in [4.78, 5) is 24.8. The molecule has 0 amide bonds. The Labute approximate surface area is 194 Å². The van der Waals surface area contributed by atoms with Gasteiger partial charge in [-0.15, -0.1) is 0 Å². The molecule has 0 unspecified atom stereocenters. The van der Waals surface area contributed by atoms with Gasteiger partial charge in [0.25, 0.3) is 0 Å². The van der Waals surface area contributed by atoms with Crippen LogP contribution in [0.25, 0.3) is 22.9 Å². The van der Waals surface area contributed by atoms with Gasteiger partial charge in [-0.2, -0.15) is 0 Å². The number of benzene rings is 4. The van der Waals surface area contributed by atoms with Gasteiger partial charge in [0, 0.05) is 23.3 Å². The smallest absolute Gasteiger partial charge is 0.336 e. The molecule has 0 fully saturated rings. The van der Waals surface area contributed by atoms with Crippen LogP contribution in [0.5, 0.6) is 11.5 Å². The van der Waals surface area contributed by atoms with Gasteiger partial charge in [0.2, 0.25) is 0 Å². The van der Waals surface area contributed by atoms with Crippen molar-refractivity contribution >= 4 is 34.9 Å². The Morgan fingerprint density at radius 3 is 1.47 bits per heavy atom. The maximum Gasteiger partial charge on any atom is 0.336 e. The molecule has 0 aliphatic heterocycles. The van der Waals surface area contributed by atoms with Gasteiger partial charge >= 0.3 is 11.9 Å². The summed E-state index contributed by atoms with van der Waals surface area (Å²) in [6.07, 6.45) is 4.86. The van der Waals surface area contributed by atoms with Gasteiger partial charge in [0.15, 0.2) is 0 Å². The average Bonchev–Trinajstić information content (AvgIpc) is 2.83. The summed E-state index contributed by atoms with van der Waals surface area (Å²) in [5.41, 5.74) is 0.488. The molecule has 4 aromatic rings. The van der Waals surface area contributed by atoms with Gasteiger partial charge in [-0.1, -0.05) is 60.7 Å². The second-order valence-corrected chi connectivity index (χ2v) is 7.16. The monoisotopic (exact) mass is 456 g/mol. The number of ether oxygens (including phenoxy) is 2. The first-order chi connectivity index (χ1) is 16.5. The molecule has 0 bridgehead atoms. The highest BCUT2D eigenvalue weighted by atomic mass is 19.1. The van der Waals surface area contributed by atoms with E-state index in [1.165, 1.54) is 36.4 Å². The van der Waals surface area contributed by atoms with E-state index in [2.05, 4.69) is 0 Å². The summed E-state index contributed by atoms with van der Waals surface area (Å²) in [6, 6.07) is 22.1. The minimum absolute atomic E-state index is 0.169. The maximum atomic E-state index is 13.8. The van der Waals surface area contributed by atoms with Crippen molar-refractivity contribution in [2.24, 2.45) is 0 Å². The Morgan fingerprint density at radius 1 is 0.588 bits per heavy atom. The molecule has 0 N–H and O–H groups in total. The molecule has 0 aromatic heterocycles. The van der Waals surface area contributed by atoms with Crippen LogP contribution < -0.4 is 9.47 Å². The quantitative estimate of drug-likeness (QED) is 0.193. The molecule has 4 aromatic carbocycles. The van der Waals surface area contributed by atoms with Gasteiger partial charge in [-0.3, -0.25) is 0 Å². The molecule has 0 atom stereocenters. The topological polar surface area (TPSA) is 52.6 Å². The van der Waals surface area contributed by atoms with Crippen LogP contribution in [0.2, 0.25) is 0 Å². The molecule has 6 heteroatoms. The van der Waals surface area contributed by atoms with Crippen LogP contribution in [0.15, 0.2) is 97.1 Å². The third-order valence-corrected chi connectivity index (χ3v) is 4.86. The zero-order valence-electron chi connectivity index (χ0n) is 17.8. The Balaban J connectivity index is 1.56. The minimum Gasteiger partial charge on any atom is -0.423 e. The van der Waals surface area contributed by atoms with Crippen molar-refractivity contribution in [3.05, 3.63) is 120 Å². The fourth-order valence-electron chi connectivity index (χ4n) is 3.26. The van der Waals surface area contributed by atoms with Crippen molar-refractivity contribution in [1.82, 2.24) is 0 Å². The number of halogens is 2. The number of carbonyl (C=O) groups excluding carboxylic acids is 2. The molecule has 0 saturated heterocycles. The molecule has 0 spiro atoms. The lowest BCUT2D eigenvalue weighted by molar-refractivity contribution is -0.129. The standard InChI is InChI=1S/C28H18F2O4/c29-22-11-3-1-7-19(22)15-17-26(31)33-24-13-5-9-21-10-6-14-25(28(21)24)34-27(32)18-16-20-8-2-4-12-23(20)30/h1-18H/b17-15+,18-16?. The van der Waals surface area contributed by atoms with Crippen molar-refractivity contribution in [3.8, 4) is 11.5 Å². The zero-order chi connectivity index (χ0) is 23.9. The molecule has 0 aliphatic carbocycles. The zero-order valence-corrected chi connectivity index (χ0v) is 17.8. The molecular weight excluding hydrogens is 438 g/mol. The predicted molar refractivity (Wildman–Crippen MR) is 126 cm³/mol. The van der Waals surface area contributed by atoms with Crippen LogP contribution >= 0.6 is 0 Å². The number of esters is 2. The summed E-state index contributed by atoms with van der Waals surface area (Å²) < 4.78 is 38.4. The van der Waals surface area contributed by atoms with Gasteiger partial charge in [-0.05, 0) is 41.8 Å². The third kappa shape index (κ3) is 5.42. The largest absolute Gasteiger partial charge is 0.423 e. The van der Waals surface area contributed by atoms with E-state index < -0.39 is 23.6 Å². The predicted octanol–water partition coefficient (Wildman–Crippen LogP) is 6.36. The van der Waals surface area contributed by atoms with E-state index in [4.69, 9.17) is 9.47 Å². The number of fused-ring (bicyclic) bond motifs is 1. The van der Waals surface area contributed by atoms with E-state index in [-0.39, 0.29) is 22.6 Å². The van der Waals surface area contributed by atoms with Crippen LogP contribution in [-0.4, -0.2) is 11.9 Å². The highest BCUT2D eigenvalue weighted by molar-refractivity contribution is 5.99. The number of carbonyl (C=O) groups is 2. The second kappa shape index (κ2) is 10.4. The first-order valence-corrected chi connectivity index (χ1v) is 10.3. The summed E-state index contributed by atoms with van der Waals surface area (Å²) in [6.45, 7) is 0. The van der Waals surface area contributed by atoms with Crippen molar-refractivity contribution in [2.75, 3.05) is 0 Å². The molecule has 0 radical (unpaired) electrons. The number of rotatable bonds is 6. The molecule has 34 heavy (non-hydrogen) atoms. The summed E-state index contributed by atoms with van der Waals surface area (Å²) >= 11 is 0. The fourth-order valence-corrected chi connectivity index (χ4v) is 3.26. The summed E-state index contributed by atoms with van der Waals surface area (Å²) in [5.74, 6) is -2.04. The van der Waals surface area contributed by atoms with Crippen molar-refractivity contribution in [1.29, 1.82) is 0 Å². The molecule has 0 saturated carbocycles. The minimum atomic E-state index is -0.726. The SMILES string of the molecule is O=C(C=Cc1ccccc1F)Oc1cccc2cccc(OC(=O)/C=C/c3ccccc3F)c12. The van der Waals surface area contributed by atoms with E-state index in [9.17, 15) is 18.4 Å². The number of hydrogen-bond donors (Lipinski definition) is 0. The van der Waals surface area contributed by atoms with Crippen LogP contribution in [0.3, 0.4) is 0 Å². The highest BCUT2D eigenvalue weighted by Gasteiger charge is 2.13. The van der Waals surface area contributed by atoms with Crippen molar-refractivity contribution in [3.63, 3.8) is 0 Å². The lowest BCUT2D eigenvalue weighted by Crippen LogP contribution is -2.07. The van der Waals surface area contributed by atoms with Crippen LogP contribution in [-0.2, 0) is 9.59 Å². The molecule has 0 aliphatic rings. The molecule has 4 nitrogen and oxygen atoms in total. The van der Waals surface area contributed by atoms with Gasteiger partial charge in [-0.25, -0.2) is 18.4 Å². The van der Waals surface area contributed by atoms with E-state index in [1.807, 2.05) is 0 Å². The third-order valence-electron chi connectivity index (χ3n) is 4.86. The van der Waals surface area contributed by atoms with Gasteiger partial charge in [0.1, 0.15) is 23.1 Å². The summed E-state index contributed by atoms with van der Waals surface area (Å²) in [7, 11) is 0. The molecule has 168 valence electrons. The first-order valence-electron chi connectivity index (χ1n) is 10.3. The normalized spacial score (nSPS) is 11.2. The van der Waals surface area contributed by atoms with Crippen molar-refractivity contribution in [2.45, 2.75) is 0 Å². The van der Waals surface area contributed by atoms with Gasteiger partial charge in [0.05, 0.1) is 5.39 Å². The maximum absolute atomic E-state index is 13.8. The Bertz CT molecular complexity index is 1320. The van der Waals surface area contributed by atoms with Crippen LogP contribution in [0, 0.1) is 11.6 Å². The molecular formula is C28H18F2O4. The highest BCUT2D eigenvalue weighted by Crippen LogP contribution is 2.34. The van der Waals surface area contributed by atoms with Crippen molar-refractivity contribution < 1.29 is 27.8 Å². The van der Waals surface area contributed by atoms with Gasteiger partial charge < -0.3 is 9.47 Å². The Morgan fingerprint density at radius 2 is 1.03 bits per heavy atom. The van der Waals surface area contributed by atoms with Crippen LogP contribution in [0.4, 0.5) is 8.78 Å². The lowest BCUT2D eigenvalue weighted by atomic mass is 10.1.